The fourth-order valence-corrected chi connectivity index (χ4v) is 4.58. The average molecular weight is 340 g/mol. The van der Waals surface area contributed by atoms with Gasteiger partial charge in [-0.15, -0.1) is 0 Å². The second-order valence-corrected chi connectivity index (χ2v) is 8.31. The lowest BCUT2D eigenvalue weighted by Gasteiger charge is -2.29. The lowest BCUT2D eigenvalue weighted by atomic mass is 9.92. The summed E-state index contributed by atoms with van der Waals surface area (Å²) >= 11 is 0. The molecular formula is C17H16N4O2S. The molecule has 0 saturated carbocycles. The topological polar surface area (TPSA) is 80.6 Å². The predicted octanol–water partition coefficient (Wildman–Crippen LogP) is 2.74. The van der Waals surface area contributed by atoms with Crippen molar-refractivity contribution in [2.75, 3.05) is 0 Å². The Labute approximate surface area is 139 Å². The normalized spacial score (nSPS) is 21.1. The zero-order valence-corrected chi connectivity index (χ0v) is 13.9. The fraction of sp³-hybridized carbons (Fsp3) is 0.176. The third-order valence-electron chi connectivity index (χ3n) is 4.42. The minimum absolute atomic E-state index is 0.361. The van der Waals surface area contributed by atoms with Crippen molar-refractivity contribution in [3.8, 4) is 0 Å². The van der Waals surface area contributed by atoms with E-state index in [2.05, 4.69) is 15.3 Å². The Kier molecular flexibility index (Phi) is 3.21. The molecular weight excluding hydrogens is 324 g/mol. The van der Waals surface area contributed by atoms with Gasteiger partial charge in [-0.05, 0) is 25.0 Å². The molecule has 0 amide bonds. The van der Waals surface area contributed by atoms with Gasteiger partial charge >= 0.3 is 0 Å². The predicted molar refractivity (Wildman–Crippen MR) is 92.8 cm³/mol. The zero-order chi connectivity index (χ0) is 16.8. The molecule has 1 aromatic carbocycles. The van der Waals surface area contributed by atoms with E-state index in [0.717, 1.165) is 20.6 Å². The molecule has 1 atom stereocenters. The van der Waals surface area contributed by atoms with E-state index in [1.807, 2.05) is 24.3 Å². The van der Waals surface area contributed by atoms with E-state index in [1.165, 1.54) is 0 Å². The van der Waals surface area contributed by atoms with E-state index in [4.69, 9.17) is 0 Å². The first-order valence-corrected chi connectivity index (χ1v) is 9.01. The second kappa shape index (κ2) is 5.17. The molecule has 2 aromatic heterocycles. The van der Waals surface area contributed by atoms with Crippen molar-refractivity contribution in [1.82, 2.24) is 19.4 Å². The number of hydrogen-bond acceptors (Lipinski definition) is 4. The second-order valence-electron chi connectivity index (χ2n) is 6.08. The Morgan fingerprint density at radius 3 is 2.88 bits per heavy atom. The molecule has 0 fully saturated rings. The van der Waals surface area contributed by atoms with Crippen LogP contribution in [0, 0.1) is 0 Å². The number of fused-ring (bicyclic) bond motifs is 1. The van der Waals surface area contributed by atoms with Gasteiger partial charge in [-0.25, -0.2) is 8.42 Å². The first-order chi connectivity index (χ1) is 11.5. The number of benzene rings is 1. The fourth-order valence-electron chi connectivity index (χ4n) is 3.00. The van der Waals surface area contributed by atoms with Gasteiger partial charge in [0, 0.05) is 17.1 Å². The van der Waals surface area contributed by atoms with Gasteiger partial charge < -0.3 is 0 Å². The monoisotopic (exact) mass is 340 g/mol. The van der Waals surface area contributed by atoms with Gasteiger partial charge in [-0.1, -0.05) is 36.4 Å². The van der Waals surface area contributed by atoms with Crippen LogP contribution in [0.2, 0.25) is 0 Å². The number of hydrogen-bond donors (Lipinski definition) is 1. The Bertz CT molecular complexity index is 1060. The van der Waals surface area contributed by atoms with Crippen molar-refractivity contribution in [3.63, 3.8) is 0 Å². The van der Waals surface area contributed by atoms with Gasteiger partial charge in [0.15, 0.2) is 0 Å². The molecule has 2 heterocycles. The van der Waals surface area contributed by atoms with Crippen molar-refractivity contribution in [2.24, 2.45) is 0 Å². The number of allylic oxidation sites excluding steroid dienone is 3. The van der Waals surface area contributed by atoms with E-state index >= 15 is 0 Å². The number of rotatable bonds is 3. The zero-order valence-electron chi connectivity index (χ0n) is 13.0. The summed E-state index contributed by atoms with van der Waals surface area (Å²) in [7, 11) is -3.72. The summed E-state index contributed by atoms with van der Waals surface area (Å²) in [6.07, 6.45) is 10.8. The van der Waals surface area contributed by atoms with Gasteiger partial charge in [0.25, 0.3) is 10.0 Å². The van der Waals surface area contributed by atoms with Crippen LogP contribution in [0.4, 0.5) is 0 Å². The Morgan fingerprint density at radius 1 is 1.25 bits per heavy atom. The lowest BCUT2D eigenvalue weighted by molar-refractivity contribution is 0.549. The third kappa shape index (κ3) is 2.12. The van der Waals surface area contributed by atoms with Crippen LogP contribution < -0.4 is 0 Å². The van der Waals surface area contributed by atoms with Crippen molar-refractivity contribution >= 4 is 26.5 Å². The van der Waals surface area contributed by atoms with Crippen LogP contribution in [0.1, 0.15) is 18.9 Å². The minimum Gasteiger partial charge on any atom is -0.285 e. The van der Waals surface area contributed by atoms with Gasteiger partial charge in [-0.3, -0.25) is 5.10 Å². The van der Waals surface area contributed by atoms with Crippen LogP contribution >= 0.6 is 0 Å². The summed E-state index contributed by atoms with van der Waals surface area (Å²) in [6.45, 7) is 1.72. The maximum atomic E-state index is 13.3. The highest BCUT2D eigenvalue weighted by atomic mass is 32.2. The molecule has 24 heavy (non-hydrogen) atoms. The molecule has 0 aliphatic heterocycles. The number of nitrogens with zero attached hydrogens (tertiary/aromatic N) is 3. The SMILES string of the molecule is CC1(S(=O)(=O)n2ncc3ccccc32)C=CC=C(c2cn[nH]c2)C1. The van der Waals surface area contributed by atoms with E-state index in [9.17, 15) is 8.42 Å². The molecule has 122 valence electrons. The highest BCUT2D eigenvalue weighted by Crippen LogP contribution is 2.36. The van der Waals surface area contributed by atoms with Crippen molar-refractivity contribution in [1.29, 1.82) is 0 Å². The van der Waals surface area contributed by atoms with Crippen LogP contribution in [0.15, 0.2) is 61.1 Å². The van der Waals surface area contributed by atoms with Gasteiger partial charge in [-0.2, -0.15) is 14.3 Å². The summed E-state index contributed by atoms with van der Waals surface area (Å²) < 4.78 is 26.7. The van der Waals surface area contributed by atoms with Crippen LogP contribution in [0.25, 0.3) is 16.5 Å². The van der Waals surface area contributed by atoms with E-state index in [0.29, 0.717) is 11.9 Å². The van der Waals surface area contributed by atoms with E-state index < -0.39 is 14.8 Å². The summed E-state index contributed by atoms with van der Waals surface area (Å²) in [6, 6.07) is 7.29. The van der Waals surface area contributed by atoms with Crippen LogP contribution in [0.3, 0.4) is 0 Å². The van der Waals surface area contributed by atoms with Gasteiger partial charge in [0.2, 0.25) is 0 Å². The third-order valence-corrected chi connectivity index (χ3v) is 6.62. The maximum absolute atomic E-state index is 13.3. The molecule has 1 aliphatic rings. The molecule has 4 rings (SSSR count). The van der Waals surface area contributed by atoms with Gasteiger partial charge in [0.1, 0.15) is 4.75 Å². The Morgan fingerprint density at radius 2 is 2.08 bits per heavy atom. The summed E-state index contributed by atoms with van der Waals surface area (Å²) in [5.41, 5.74) is 2.41. The average Bonchev–Trinajstić information content (AvgIpc) is 3.24. The summed E-state index contributed by atoms with van der Waals surface area (Å²) in [5, 5.41) is 11.6. The number of nitrogens with one attached hydrogen (secondary N) is 1. The quantitative estimate of drug-likeness (QED) is 0.795. The molecule has 0 radical (unpaired) electrons. The Hall–Kier alpha value is -2.67. The van der Waals surface area contributed by atoms with Crippen LogP contribution in [-0.4, -0.2) is 32.5 Å². The minimum atomic E-state index is -3.72. The summed E-state index contributed by atoms with van der Waals surface area (Å²) in [4.78, 5) is 0. The molecule has 6 nitrogen and oxygen atoms in total. The Balaban J connectivity index is 1.80. The molecule has 1 aliphatic carbocycles. The highest BCUT2D eigenvalue weighted by molar-refractivity contribution is 7.91. The standard InChI is InChI=1S/C17H16N4O2S/c1-17(8-4-6-13(9-17)15-10-18-19-11-15)24(22,23)21-16-7-3-2-5-14(16)12-20-21/h2-8,10-12H,9H2,1H3,(H,18,19). The van der Waals surface area contributed by atoms with Crippen molar-refractivity contribution in [2.45, 2.75) is 18.1 Å². The van der Waals surface area contributed by atoms with Crippen molar-refractivity contribution < 1.29 is 8.42 Å². The molecule has 1 unspecified atom stereocenters. The molecule has 0 bridgehead atoms. The van der Waals surface area contributed by atoms with Crippen LogP contribution in [0.5, 0.6) is 0 Å². The number of H-pyrrole nitrogens is 1. The number of aromatic amines is 1. The molecule has 3 aromatic rings. The molecule has 0 spiro atoms. The van der Waals surface area contributed by atoms with Crippen LogP contribution in [-0.2, 0) is 10.0 Å². The van der Waals surface area contributed by atoms with E-state index in [-0.39, 0.29) is 0 Å². The molecule has 0 saturated heterocycles. The highest BCUT2D eigenvalue weighted by Gasteiger charge is 2.41. The first kappa shape index (κ1) is 14.9. The molecule has 7 heteroatoms. The molecule has 1 N–H and O–H groups in total. The van der Waals surface area contributed by atoms with E-state index in [1.54, 1.807) is 43.7 Å². The van der Waals surface area contributed by atoms with Gasteiger partial charge in [0.05, 0.1) is 17.9 Å². The first-order valence-electron chi connectivity index (χ1n) is 7.57. The smallest absolute Gasteiger partial charge is 0.263 e. The maximum Gasteiger partial charge on any atom is 0.263 e. The van der Waals surface area contributed by atoms with Crippen molar-refractivity contribution in [3.05, 3.63) is 66.6 Å². The number of aromatic nitrogens is 4. The largest absolute Gasteiger partial charge is 0.285 e. The summed E-state index contributed by atoms with van der Waals surface area (Å²) in [5.74, 6) is 0. The lowest BCUT2D eigenvalue weighted by Crippen LogP contribution is -2.39. The number of para-hydroxylation sites is 1.